The lowest BCUT2D eigenvalue weighted by Gasteiger charge is -2.41. The molecule has 2 fully saturated rings. The molecule has 176 valence electrons. The van der Waals surface area contributed by atoms with E-state index in [2.05, 4.69) is 15.5 Å². The molecule has 1 atom stereocenters. The van der Waals surface area contributed by atoms with Crippen LogP contribution in [0.4, 0.5) is 11.4 Å². The molecule has 2 N–H and O–H groups in total. The van der Waals surface area contributed by atoms with Crippen molar-refractivity contribution >= 4 is 40.1 Å². The Morgan fingerprint density at radius 3 is 2.38 bits per heavy atom. The van der Waals surface area contributed by atoms with Crippen molar-refractivity contribution in [2.75, 3.05) is 22.9 Å². The van der Waals surface area contributed by atoms with Gasteiger partial charge in [-0.3, -0.25) is 9.59 Å². The molecule has 1 saturated carbocycles. The van der Waals surface area contributed by atoms with Crippen molar-refractivity contribution in [1.82, 2.24) is 4.90 Å². The number of amides is 2. The smallest absolute Gasteiger partial charge is 0.255 e. The highest BCUT2D eigenvalue weighted by atomic mass is 32.2. The normalized spacial score (nSPS) is 20.6. The number of benzene rings is 2. The summed E-state index contributed by atoms with van der Waals surface area (Å²) in [6, 6.07) is 17.3. The van der Waals surface area contributed by atoms with Crippen molar-refractivity contribution in [2.45, 2.75) is 45.1 Å². The molecule has 6 nitrogen and oxygen atoms in total. The molecule has 2 aromatic carbocycles. The van der Waals surface area contributed by atoms with Crippen molar-refractivity contribution in [3.63, 3.8) is 0 Å². The number of nitrogens with one attached hydrogen (secondary N) is 2. The molecule has 1 unspecified atom stereocenters. The Morgan fingerprint density at radius 1 is 0.941 bits per heavy atom. The highest BCUT2D eigenvalue weighted by Gasteiger charge is 2.37. The van der Waals surface area contributed by atoms with Crippen molar-refractivity contribution in [3.8, 4) is 0 Å². The Balaban J connectivity index is 1.42. The molecule has 2 aromatic rings. The summed E-state index contributed by atoms with van der Waals surface area (Å²) in [5.74, 6) is 1.14. The van der Waals surface area contributed by atoms with E-state index in [0.717, 1.165) is 72.2 Å². The summed E-state index contributed by atoms with van der Waals surface area (Å²) in [5, 5.41) is 7.10. The van der Waals surface area contributed by atoms with Gasteiger partial charge in [0.25, 0.3) is 5.91 Å². The second kappa shape index (κ2) is 10.1. The van der Waals surface area contributed by atoms with E-state index in [-0.39, 0.29) is 23.8 Å². The minimum atomic E-state index is -0.219. The summed E-state index contributed by atoms with van der Waals surface area (Å²) in [6.45, 7) is 2.77. The van der Waals surface area contributed by atoms with E-state index in [0.29, 0.717) is 5.57 Å². The maximum absolute atomic E-state index is 13.5. The monoisotopic (exact) mass is 474 g/mol. The minimum Gasteiger partial charge on any atom is -0.340 e. The van der Waals surface area contributed by atoms with E-state index in [1.807, 2.05) is 61.5 Å². The molecule has 0 bridgehead atoms. The topological polar surface area (TPSA) is 73.8 Å². The van der Waals surface area contributed by atoms with Crippen LogP contribution in [0.15, 0.2) is 70.9 Å². The first kappa shape index (κ1) is 22.7. The summed E-state index contributed by atoms with van der Waals surface area (Å²) in [5.41, 5.74) is 4.00. The van der Waals surface area contributed by atoms with Crippen molar-refractivity contribution in [3.05, 3.63) is 71.4 Å². The maximum Gasteiger partial charge on any atom is 0.255 e. The van der Waals surface area contributed by atoms with E-state index in [1.165, 1.54) is 0 Å². The van der Waals surface area contributed by atoms with Gasteiger partial charge in [-0.25, -0.2) is 4.99 Å². The van der Waals surface area contributed by atoms with Gasteiger partial charge < -0.3 is 15.5 Å². The summed E-state index contributed by atoms with van der Waals surface area (Å²) in [4.78, 5) is 33.1. The first-order valence-electron chi connectivity index (χ1n) is 12.1. The highest BCUT2D eigenvalue weighted by Crippen LogP contribution is 2.40. The number of rotatable bonds is 5. The quantitative estimate of drug-likeness (QED) is 0.594. The molecule has 34 heavy (non-hydrogen) atoms. The molecule has 1 aliphatic carbocycles. The summed E-state index contributed by atoms with van der Waals surface area (Å²) < 4.78 is 0. The third-order valence-corrected chi connectivity index (χ3v) is 7.83. The van der Waals surface area contributed by atoms with Crippen molar-refractivity contribution in [1.29, 1.82) is 0 Å². The Morgan fingerprint density at radius 2 is 1.65 bits per heavy atom. The SMILES string of the molecule is CC1=C(C(=O)Nc2ccccc2)C(c2ccc(NC(=O)C3CCCC3)cc2)N2CCCSC2=N1. The number of amidine groups is 1. The van der Waals surface area contributed by atoms with E-state index in [1.54, 1.807) is 11.8 Å². The van der Waals surface area contributed by atoms with Gasteiger partial charge >= 0.3 is 0 Å². The van der Waals surface area contributed by atoms with E-state index in [4.69, 9.17) is 4.99 Å². The molecule has 3 aliphatic rings. The number of thioether (sulfide) groups is 1. The zero-order chi connectivity index (χ0) is 23.5. The van der Waals surface area contributed by atoms with Gasteiger partial charge in [-0.15, -0.1) is 0 Å². The van der Waals surface area contributed by atoms with Crippen LogP contribution in [0.3, 0.4) is 0 Å². The molecular formula is C27H30N4O2S. The number of hydrogen-bond donors (Lipinski definition) is 2. The zero-order valence-corrected chi connectivity index (χ0v) is 20.2. The van der Waals surface area contributed by atoms with Crippen molar-refractivity contribution in [2.24, 2.45) is 10.9 Å². The number of fused-ring (bicyclic) bond motifs is 1. The van der Waals surface area contributed by atoms with Crippen LogP contribution in [0, 0.1) is 5.92 Å². The van der Waals surface area contributed by atoms with Gasteiger partial charge in [0.2, 0.25) is 5.91 Å². The van der Waals surface area contributed by atoms with E-state index in [9.17, 15) is 9.59 Å². The fourth-order valence-electron chi connectivity index (χ4n) is 5.01. The number of anilines is 2. The largest absolute Gasteiger partial charge is 0.340 e. The van der Waals surface area contributed by atoms with Crippen molar-refractivity contribution < 1.29 is 9.59 Å². The zero-order valence-electron chi connectivity index (χ0n) is 19.4. The van der Waals surface area contributed by atoms with Crippen LogP contribution in [0.2, 0.25) is 0 Å². The molecule has 2 heterocycles. The molecule has 0 spiro atoms. The van der Waals surface area contributed by atoms with E-state index >= 15 is 0 Å². The highest BCUT2D eigenvalue weighted by molar-refractivity contribution is 8.13. The molecule has 5 rings (SSSR count). The molecule has 0 radical (unpaired) electrons. The fraction of sp³-hybridized carbons (Fsp3) is 0.370. The second-order valence-corrected chi connectivity index (χ2v) is 10.2. The van der Waals surface area contributed by atoms with Gasteiger partial charge in [0.1, 0.15) is 0 Å². The molecule has 0 aromatic heterocycles. The number of nitrogens with zero attached hydrogens (tertiary/aromatic N) is 2. The minimum absolute atomic E-state index is 0.114. The Bertz CT molecular complexity index is 1120. The Labute approximate surface area is 204 Å². The molecule has 1 saturated heterocycles. The average Bonchev–Trinajstić information content (AvgIpc) is 3.40. The Hall–Kier alpha value is -3.06. The van der Waals surface area contributed by atoms with Crippen LogP contribution in [0.1, 0.15) is 50.6 Å². The third kappa shape index (κ3) is 4.75. The number of allylic oxidation sites excluding steroid dienone is 1. The second-order valence-electron chi connectivity index (χ2n) is 9.10. The lowest BCUT2D eigenvalue weighted by molar-refractivity contribution is -0.119. The first-order chi connectivity index (χ1) is 16.6. The van der Waals surface area contributed by atoms with Crippen LogP contribution >= 0.6 is 11.8 Å². The predicted molar refractivity (Wildman–Crippen MR) is 139 cm³/mol. The van der Waals surface area contributed by atoms with Crippen LogP contribution in [-0.2, 0) is 9.59 Å². The Kier molecular flexibility index (Phi) is 6.72. The van der Waals surface area contributed by atoms with Gasteiger partial charge in [0.15, 0.2) is 5.17 Å². The van der Waals surface area contributed by atoms with E-state index < -0.39 is 0 Å². The number of para-hydroxylation sites is 1. The van der Waals surface area contributed by atoms with Gasteiger partial charge in [-0.1, -0.05) is 54.9 Å². The summed E-state index contributed by atoms with van der Waals surface area (Å²) >= 11 is 1.75. The number of aliphatic imine (C=N–C) groups is 1. The summed E-state index contributed by atoms with van der Waals surface area (Å²) in [6.07, 6.45) is 5.27. The van der Waals surface area contributed by atoms with Crippen LogP contribution in [-0.4, -0.2) is 34.2 Å². The van der Waals surface area contributed by atoms with Crippen LogP contribution in [0.25, 0.3) is 0 Å². The number of hydrogen-bond acceptors (Lipinski definition) is 5. The predicted octanol–water partition coefficient (Wildman–Crippen LogP) is 5.58. The molecule has 2 amide bonds. The number of carbonyl (C=O) groups is 2. The molecular weight excluding hydrogens is 444 g/mol. The van der Waals surface area contributed by atoms with Crippen LogP contribution < -0.4 is 10.6 Å². The lowest BCUT2D eigenvalue weighted by Crippen LogP contribution is -2.43. The van der Waals surface area contributed by atoms with Crippen LogP contribution in [0.5, 0.6) is 0 Å². The average molecular weight is 475 g/mol. The maximum atomic E-state index is 13.5. The van der Waals surface area contributed by atoms with Gasteiger partial charge in [-0.2, -0.15) is 0 Å². The standard InChI is InChI=1S/C27H30N4O2S/c1-18-23(26(33)30-21-10-3-2-4-11-21)24(31-16-7-17-34-27(31)28-18)19-12-14-22(15-13-19)29-25(32)20-8-5-6-9-20/h2-4,10-15,20,24H,5-9,16-17H2,1H3,(H,29,32)(H,30,33). The van der Waals surface area contributed by atoms with Gasteiger partial charge in [0, 0.05) is 29.6 Å². The lowest BCUT2D eigenvalue weighted by atomic mass is 9.93. The summed E-state index contributed by atoms with van der Waals surface area (Å²) in [7, 11) is 0. The molecule has 2 aliphatic heterocycles. The van der Waals surface area contributed by atoms with Gasteiger partial charge in [-0.05, 0) is 56.0 Å². The number of carbonyl (C=O) groups excluding carboxylic acids is 2. The molecule has 7 heteroatoms. The first-order valence-corrected chi connectivity index (χ1v) is 13.0. The fourth-order valence-corrected chi connectivity index (χ4v) is 6.03. The van der Waals surface area contributed by atoms with Gasteiger partial charge in [0.05, 0.1) is 17.3 Å². The third-order valence-electron chi connectivity index (χ3n) is 6.75.